The molecule has 0 unspecified atom stereocenters. The summed E-state index contributed by atoms with van der Waals surface area (Å²) in [5.74, 6) is -0.472. The Hall–Kier alpha value is -3.74. The van der Waals surface area contributed by atoms with Crippen LogP contribution in [-0.2, 0) is 9.53 Å². The summed E-state index contributed by atoms with van der Waals surface area (Å²) >= 11 is 0. The van der Waals surface area contributed by atoms with Crippen molar-refractivity contribution in [3.8, 4) is 5.75 Å². The highest BCUT2D eigenvalue weighted by molar-refractivity contribution is 6.11. The highest BCUT2D eigenvalue weighted by Crippen LogP contribution is 2.29. The molecule has 0 spiro atoms. The second-order valence-electron chi connectivity index (χ2n) is 5.78. The zero-order valence-corrected chi connectivity index (χ0v) is 14.7. The Labute approximate surface area is 155 Å². The van der Waals surface area contributed by atoms with Crippen LogP contribution in [0, 0.1) is 10.1 Å². The van der Waals surface area contributed by atoms with E-state index in [1.807, 2.05) is 43.3 Å². The van der Waals surface area contributed by atoms with Gasteiger partial charge in [-0.15, -0.1) is 0 Å². The van der Waals surface area contributed by atoms with Crippen molar-refractivity contribution in [3.05, 3.63) is 87.1 Å². The van der Waals surface area contributed by atoms with Crippen molar-refractivity contribution in [2.45, 2.75) is 6.92 Å². The van der Waals surface area contributed by atoms with Crippen molar-refractivity contribution in [2.24, 2.45) is 4.99 Å². The summed E-state index contributed by atoms with van der Waals surface area (Å²) in [4.78, 5) is 26.9. The molecule has 1 heterocycles. The summed E-state index contributed by atoms with van der Waals surface area (Å²) in [6.45, 7) is 1.85. The van der Waals surface area contributed by atoms with Crippen LogP contribution in [0.4, 0.5) is 5.69 Å². The van der Waals surface area contributed by atoms with E-state index in [-0.39, 0.29) is 23.0 Å². The number of nitro benzene ring substituents is 1. The van der Waals surface area contributed by atoms with Gasteiger partial charge >= 0.3 is 11.7 Å². The minimum Gasteiger partial charge on any atom is -0.490 e. The van der Waals surface area contributed by atoms with Gasteiger partial charge in [-0.3, -0.25) is 10.1 Å². The molecule has 0 bridgehead atoms. The first-order valence-electron chi connectivity index (χ1n) is 8.06. The van der Waals surface area contributed by atoms with E-state index in [0.29, 0.717) is 5.56 Å². The first-order valence-corrected chi connectivity index (χ1v) is 8.06. The number of esters is 1. The zero-order chi connectivity index (χ0) is 19.4. The second-order valence-corrected chi connectivity index (χ2v) is 5.78. The highest BCUT2D eigenvalue weighted by atomic mass is 16.6. The fourth-order valence-corrected chi connectivity index (χ4v) is 2.57. The molecule has 0 amide bonds. The summed E-state index contributed by atoms with van der Waals surface area (Å²) in [6, 6.07) is 13.9. The van der Waals surface area contributed by atoms with E-state index in [4.69, 9.17) is 9.47 Å². The number of cyclic esters (lactones) is 1. The Morgan fingerprint density at radius 1 is 1.22 bits per heavy atom. The predicted octanol–water partition coefficient (Wildman–Crippen LogP) is 3.89. The lowest BCUT2D eigenvalue weighted by Gasteiger charge is -2.03. The summed E-state index contributed by atoms with van der Waals surface area (Å²) in [5.41, 5.74) is 2.04. The van der Waals surface area contributed by atoms with Crippen molar-refractivity contribution in [2.75, 3.05) is 7.11 Å². The van der Waals surface area contributed by atoms with Crippen LogP contribution >= 0.6 is 0 Å². The quantitative estimate of drug-likeness (QED) is 0.347. The van der Waals surface area contributed by atoms with Crippen LogP contribution in [0.1, 0.15) is 18.1 Å². The Bertz CT molecular complexity index is 991. The molecule has 0 fully saturated rings. The number of hydrogen-bond acceptors (Lipinski definition) is 6. The number of ether oxygens (including phenoxy) is 2. The minimum atomic E-state index is -0.607. The molecule has 0 aliphatic carbocycles. The van der Waals surface area contributed by atoms with E-state index in [9.17, 15) is 14.9 Å². The zero-order valence-electron chi connectivity index (χ0n) is 14.7. The summed E-state index contributed by atoms with van der Waals surface area (Å²) in [5, 5.41) is 11.2. The molecule has 2 aromatic rings. The van der Waals surface area contributed by atoms with Gasteiger partial charge in [0.05, 0.1) is 12.0 Å². The molecule has 0 N–H and O–H groups in total. The second kappa shape index (κ2) is 7.65. The van der Waals surface area contributed by atoms with E-state index >= 15 is 0 Å². The number of rotatable bonds is 5. The number of carbonyl (C=O) groups excluding carboxylic acids is 1. The molecule has 0 atom stereocenters. The Balaban J connectivity index is 1.91. The number of nitro groups is 1. The van der Waals surface area contributed by atoms with E-state index in [1.54, 1.807) is 12.1 Å². The van der Waals surface area contributed by atoms with Crippen molar-refractivity contribution in [1.82, 2.24) is 0 Å². The summed E-state index contributed by atoms with van der Waals surface area (Å²) < 4.78 is 10.1. The third-order valence-corrected chi connectivity index (χ3v) is 3.80. The van der Waals surface area contributed by atoms with E-state index in [2.05, 4.69) is 4.99 Å². The van der Waals surface area contributed by atoms with Gasteiger partial charge in [0, 0.05) is 11.6 Å². The summed E-state index contributed by atoms with van der Waals surface area (Å²) in [7, 11) is 1.35. The van der Waals surface area contributed by atoms with Crippen LogP contribution in [0.5, 0.6) is 5.75 Å². The molecule has 0 saturated heterocycles. The molecular weight excluding hydrogens is 348 g/mol. The number of nitrogens with zero attached hydrogens (tertiary/aromatic N) is 2. The van der Waals surface area contributed by atoms with Gasteiger partial charge in [-0.2, -0.15) is 0 Å². The monoisotopic (exact) mass is 364 g/mol. The smallest absolute Gasteiger partial charge is 0.363 e. The Kier molecular flexibility index (Phi) is 5.12. The molecule has 1 aliphatic heterocycles. The van der Waals surface area contributed by atoms with Gasteiger partial charge in [0.2, 0.25) is 5.90 Å². The van der Waals surface area contributed by atoms with Gasteiger partial charge in [-0.05, 0) is 36.3 Å². The van der Waals surface area contributed by atoms with Gasteiger partial charge in [0.25, 0.3) is 0 Å². The van der Waals surface area contributed by atoms with Gasteiger partial charge < -0.3 is 9.47 Å². The minimum absolute atomic E-state index is 0.0181. The molecule has 136 valence electrons. The van der Waals surface area contributed by atoms with E-state index in [0.717, 1.165) is 11.1 Å². The molecule has 1 aliphatic rings. The van der Waals surface area contributed by atoms with E-state index in [1.165, 1.54) is 19.2 Å². The molecule has 27 heavy (non-hydrogen) atoms. The first kappa shape index (κ1) is 18.1. The van der Waals surface area contributed by atoms with Crippen molar-refractivity contribution in [3.63, 3.8) is 0 Å². The van der Waals surface area contributed by atoms with Gasteiger partial charge in [-0.1, -0.05) is 36.4 Å². The average Bonchev–Trinajstić information content (AvgIpc) is 3.02. The number of benzene rings is 2. The number of aliphatic imine (C=N–C) groups is 1. The molecular formula is C20H16N2O5. The van der Waals surface area contributed by atoms with E-state index < -0.39 is 10.9 Å². The van der Waals surface area contributed by atoms with Crippen LogP contribution in [0.25, 0.3) is 6.08 Å². The summed E-state index contributed by atoms with van der Waals surface area (Å²) in [6.07, 6.45) is 3.52. The van der Waals surface area contributed by atoms with Crippen LogP contribution in [0.15, 0.2) is 70.9 Å². The predicted molar refractivity (Wildman–Crippen MR) is 100 cm³/mol. The maximum Gasteiger partial charge on any atom is 0.363 e. The fourth-order valence-electron chi connectivity index (χ4n) is 2.57. The maximum absolute atomic E-state index is 12.1. The van der Waals surface area contributed by atoms with Crippen molar-refractivity contribution in [1.29, 1.82) is 0 Å². The Morgan fingerprint density at radius 3 is 2.63 bits per heavy atom. The number of allylic oxidation sites excluding steroid dienone is 2. The van der Waals surface area contributed by atoms with Crippen LogP contribution in [0.2, 0.25) is 0 Å². The molecule has 0 saturated carbocycles. The van der Waals surface area contributed by atoms with Crippen LogP contribution < -0.4 is 4.74 Å². The molecule has 0 aromatic heterocycles. The lowest BCUT2D eigenvalue weighted by Crippen LogP contribution is -2.06. The SMILES string of the molecule is COc1ccc(C2=NC(=CC(C)=Cc3ccccc3)C(=O)O2)cc1[N+](=O)[O-]. The van der Waals surface area contributed by atoms with Crippen LogP contribution in [-0.4, -0.2) is 23.9 Å². The molecule has 7 heteroatoms. The molecule has 3 rings (SSSR count). The third kappa shape index (κ3) is 4.09. The first-order chi connectivity index (χ1) is 13.0. The van der Waals surface area contributed by atoms with Crippen molar-refractivity contribution < 1.29 is 19.2 Å². The standard InChI is InChI=1S/C20H16N2O5/c1-13(10-14-6-4-3-5-7-14)11-16-20(23)27-19(21-16)15-8-9-18(26-2)17(12-15)22(24)25/h3-12H,1-2H3. The van der Waals surface area contributed by atoms with Gasteiger partial charge in [0.1, 0.15) is 0 Å². The molecule has 2 aromatic carbocycles. The lowest BCUT2D eigenvalue weighted by molar-refractivity contribution is -0.385. The molecule has 0 radical (unpaired) electrons. The normalized spacial score (nSPS) is 15.5. The number of carbonyl (C=O) groups is 1. The van der Waals surface area contributed by atoms with Crippen molar-refractivity contribution >= 4 is 23.6 Å². The highest BCUT2D eigenvalue weighted by Gasteiger charge is 2.26. The topological polar surface area (TPSA) is 91.0 Å². The fraction of sp³-hybridized carbons (Fsp3) is 0.100. The lowest BCUT2D eigenvalue weighted by atomic mass is 10.1. The molecule has 7 nitrogen and oxygen atoms in total. The third-order valence-electron chi connectivity index (χ3n) is 3.80. The van der Waals surface area contributed by atoms with Gasteiger partial charge in [-0.25, -0.2) is 9.79 Å². The Morgan fingerprint density at radius 2 is 1.96 bits per heavy atom. The number of hydrogen-bond donors (Lipinski definition) is 0. The van der Waals surface area contributed by atoms with Crippen LogP contribution in [0.3, 0.4) is 0 Å². The number of methoxy groups -OCH3 is 1. The average molecular weight is 364 g/mol. The maximum atomic E-state index is 12.1. The largest absolute Gasteiger partial charge is 0.490 e. The van der Waals surface area contributed by atoms with Gasteiger partial charge in [0.15, 0.2) is 11.4 Å².